The zero-order valence-corrected chi connectivity index (χ0v) is 12.5. The molecule has 0 aliphatic carbocycles. The molecule has 0 fully saturated rings. The number of benzene rings is 1. The van der Waals surface area contributed by atoms with Crippen LogP contribution < -0.4 is 5.32 Å². The fourth-order valence-corrected chi connectivity index (χ4v) is 2.71. The molecule has 0 aliphatic rings. The first-order valence-corrected chi connectivity index (χ1v) is 7.35. The lowest BCUT2D eigenvalue weighted by molar-refractivity contribution is 0.629. The van der Waals surface area contributed by atoms with E-state index in [1.165, 1.54) is 0 Å². The molecule has 0 bridgehead atoms. The van der Waals surface area contributed by atoms with E-state index in [1.54, 1.807) is 12.4 Å². The van der Waals surface area contributed by atoms with Crippen LogP contribution in [0, 0.1) is 0 Å². The minimum atomic E-state index is 0.0163. The second-order valence-corrected chi connectivity index (χ2v) is 5.26. The number of aromatic nitrogens is 2. The predicted octanol–water partition coefficient (Wildman–Crippen LogP) is 3.98. The van der Waals surface area contributed by atoms with Crippen molar-refractivity contribution in [2.75, 3.05) is 6.54 Å². The van der Waals surface area contributed by atoms with Gasteiger partial charge in [-0.2, -0.15) is 0 Å². The van der Waals surface area contributed by atoms with Crippen LogP contribution in [-0.4, -0.2) is 16.5 Å². The SMILES string of the molecule is CCNC(c1cnc2ccccc2c1)c1ccncc1Cl. The van der Waals surface area contributed by atoms with Crippen molar-refractivity contribution in [1.82, 2.24) is 15.3 Å². The van der Waals surface area contributed by atoms with Gasteiger partial charge in [0.15, 0.2) is 0 Å². The fraction of sp³-hybridized carbons (Fsp3) is 0.176. The van der Waals surface area contributed by atoms with Crippen molar-refractivity contribution in [1.29, 1.82) is 0 Å². The molecule has 3 aromatic rings. The van der Waals surface area contributed by atoms with E-state index in [1.807, 2.05) is 30.5 Å². The number of fused-ring (bicyclic) bond motifs is 1. The average molecular weight is 298 g/mol. The van der Waals surface area contributed by atoms with Crippen molar-refractivity contribution in [2.24, 2.45) is 0 Å². The van der Waals surface area contributed by atoms with Crippen LogP contribution in [0.25, 0.3) is 10.9 Å². The van der Waals surface area contributed by atoms with Crippen LogP contribution in [-0.2, 0) is 0 Å². The molecule has 0 spiro atoms. The van der Waals surface area contributed by atoms with Crippen molar-refractivity contribution in [3.8, 4) is 0 Å². The summed E-state index contributed by atoms with van der Waals surface area (Å²) >= 11 is 6.30. The summed E-state index contributed by atoms with van der Waals surface area (Å²) in [6.07, 6.45) is 5.35. The van der Waals surface area contributed by atoms with Gasteiger partial charge in [-0.05, 0) is 35.9 Å². The summed E-state index contributed by atoms with van der Waals surface area (Å²) in [6.45, 7) is 2.92. The Kier molecular flexibility index (Phi) is 4.13. The highest BCUT2D eigenvalue weighted by atomic mass is 35.5. The average Bonchev–Trinajstić information content (AvgIpc) is 2.53. The molecule has 0 saturated carbocycles. The Labute approximate surface area is 129 Å². The highest BCUT2D eigenvalue weighted by Gasteiger charge is 2.16. The van der Waals surface area contributed by atoms with Crippen LogP contribution in [0.3, 0.4) is 0 Å². The van der Waals surface area contributed by atoms with E-state index in [9.17, 15) is 0 Å². The summed E-state index contributed by atoms with van der Waals surface area (Å²) in [4.78, 5) is 8.60. The number of nitrogens with zero attached hydrogens (tertiary/aromatic N) is 2. The van der Waals surface area contributed by atoms with Crippen LogP contribution in [0.15, 0.2) is 55.0 Å². The summed E-state index contributed by atoms with van der Waals surface area (Å²) in [5.41, 5.74) is 3.12. The Morgan fingerprint density at radius 1 is 1.19 bits per heavy atom. The van der Waals surface area contributed by atoms with E-state index >= 15 is 0 Å². The molecule has 0 amide bonds. The summed E-state index contributed by atoms with van der Waals surface area (Å²) in [6, 6.07) is 12.2. The van der Waals surface area contributed by atoms with Gasteiger partial charge in [0.05, 0.1) is 16.6 Å². The van der Waals surface area contributed by atoms with Gasteiger partial charge in [0.2, 0.25) is 0 Å². The lowest BCUT2D eigenvalue weighted by atomic mass is 9.99. The van der Waals surface area contributed by atoms with E-state index in [4.69, 9.17) is 11.6 Å². The molecule has 3 nitrogen and oxygen atoms in total. The molecular formula is C17H16ClN3. The molecule has 1 atom stereocenters. The summed E-state index contributed by atoms with van der Waals surface area (Å²) in [5.74, 6) is 0. The van der Waals surface area contributed by atoms with Crippen molar-refractivity contribution >= 4 is 22.5 Å². The van der Waals surface area contributed by atoms with Gasteiger partial charge >= 0.3 is 0 Å². The Balaban J connectivity index is 2.09. The maximum atomic E-state index is 6.30. The van der Waals surface area contributed by atoms with Crippen molar-refractivity contribution in [2.45, 2.75) is 13.0 Å². The van der Waals surface area contributed by atoms with Crippen molar-refractivity contribution < 1.29 is 0 Å². The number of pyridine rings is 2. The number of hydrogen-bond acceptors (Lipinski definition) is 3. The summed E-state index contributed by atoms with van der Waals surface area (Å²) < 4.78 is 0. The van der Waals surface area contributed by atoms with Gasteiger partial charge in [0, 0.05) is 24.0 Å². The van der Waals surface area contributed by atoms with Crippen LogP contribution in [0.4, 0.5) is 0 Å². The third-order valence-corrected chi connectivity index (χ3v) is 3.78. The van der Waals surface area contributed by atoms with E-state index in [2.05, 4.69) is 34.3 Å². The molecule has 3 rings (SSSR count). The van der Waals surface area contributed by atoms with Crippen LogP contribution >= 0.6 is 11.6 Å². The van der Waals surface area contributed by atoms with Crippen molar-refractivity contribution in [3.63, 3.8) is 0 Å². The minimum absolute atomic E-state index is 0.0163. The predicted molar refractivity (Wildman–Crippen MR) is 86.5 cm³/mol. The minimum Gasteiger partial charge on any atom is -0.306 e. The highest BCUT2D eigenvalue weighted by Crippen LogP contribution is 2.28. The van der Waals surface area contributed by atoms with Gasteiger partial charge in [-0.3, -0.25) is 9.97 Å². The number of halogens is 1. The Morgan fingerprint density at radius 2 is 2.05 bits per heavy atom. The molecule has 2 heterocycles. The lowest BCUT2D eigenvalue weighted by Gasteiger charge is -2.20. The Morgan fingerprint density at radius 3 is 2.86 bits per heavy atom. The van der Waals surface area contributed by atoms with Gasteiger partial charge in [-0.15, -0.1) is 0 Å². The standard InChI is InChI=1S/C17H16ClN3/c1-2-20-17(14-7-8-19-11-15(14)18)13-9-12-5-3-4-6-16(12)21-10-13/h3-11,17,20H,2H2,1H3. The highest BCUT2D eigenvalue weighted by molar-refractivity contribution is 6.31. The number of para-hydroxylation sites is 1. The van der Waals surface area contributed by atoms with Gasteiger partial charge in [-0.25, -0.2) is 0 Å². The summed E-state index contributed by atoms with van der Waals surface area (Å²) in [5, 5.41) is 5.26. The summed E-state index contributed by atoms with van der Waals surface area (Å²) in [7, 11) is 0. The van der Waals surface area contributed by atoms with Gasteiger partial charge in [0.1, 0.15) is 0 Å². The Bertz CT molecular complexity index is 758. The van der Waals surface area contributed by atoms with Gasteiger partial charge in [-0.1, -0.05) is 36.7 Å². The fourth-order valence-electron chi connectivity index (χ4n) is 2.48. The quantitative estimate of drug-likeness (QED) is 0.791. The molecule has 1 aromatic carbocycles. The van der Waals surface area contributed by atoms with Gasteiger partial charge in [0.25, 0.3) is 0 Å². The molecule has 0 radical (unpaired) electrons. The third kappa shape index (κ3) is 2.89. The topological polar surface area (TPSA) is 37.8 Å². The first kappa shape index (κ1) is 14.0. The molecule has 2 aromatic heterocycles. The van der Waals surface area contributed by atoms with E-state index in [0.29, 0.717) is 5.02 Å². The smallest absolute Gasteiger partial charge is 0.0702 e. The molecule has 4 heteroatoms. The third-order valence-electron chi connectivity index (χ3n) is 3.47. The molecular weight excluding hydrogens is 282 g/mol. The largest absolute Gasteiger partial charge is 0.306 e. The first-order chi connectivity index (χ1) is 10.3. The number of rotatable bonds is 4. The van der Waals surface area contributed by atoms with Crippen LogP contribution in [0.2, 0.25) is 5.02 Å². The zero-order chi connectivity index (χ0) is 14.7. The zero-order valence-electron chi connectivity index (χ0n) is 11.8. The second-order valence-electron chi connectivity index (χ2n) is 4.85. The molecule has 1 N–H and O–H groups in total. The van der Waals surface area contributed by atoms with Crippen molar-refractivity contribution in [3.05, 3.63) is 71.1 Å². The number of hydrogen-bond donors (Lipinski definition) is 1. The first-order valence-electron chi connectivity index (χ1n) is 6.97. The van der Waals surface area contributed by atoms with E-state index in [0.717, 1.165) is 28.6 Å². The monoisotopic (exact) mass is 297 g/mol. The van der Waals surface area contributed by atoms with E-state index in [-0.39, 0.29) is 6.04 Å². The molecule has 1 unspecified atom stereocenters. The van der Waals surface area contributed by atoms with Gasteiger partial charge < -0.3 is 5.32 Å². The van der Waals surface area contributed by atoms with Crippen LogP contribution in [0.1, 0.15) is 24.1 Å². The molecule has 0 aliphatic heterocycles. The van der Waals surface area contributed by atoms with E-state index < -0.39 is 0 Å². The normalized spacial score (nSPS) is 12.5. The molecule has 21 heavy (non-hydrogen) atoms. The lowest BCUT2D eigenvalue weighted by Crippen LogP contribution is -2.22. The maximum Gasteiger partial charge on any atom is 0.0702 e. The number of nitrogens with one attached hydrogen (secondary N) is 1. The van der Waals surface area contributed by atoms with Crippen LogP contribution in [0.5, 0.6) is 0 Å². The molecule has 106 valence electrons. The second kappa shape index (κ2) is 6.20. The Hall–Kier alpha value is -1.97. The maximum absolute atomic E-state index is 6.30. The molecule has 0 saturated heterocycles.